The third-order valence-corrected chi connectivity index (χ3v) is 4.83. The van der Waals surface area contributed by atoms with Crippen molar-refractivity contribution in [3.63, 3.8) is 0 Å². The molecule has 2 aromatic carbocycles. The van der Waals surface area contributed by atoms with Crippen LogP contribution in [0.5, 0.6) is 11.5 Å². The van der Waals surface area contributed by atoms with Crippen LogP contribution in [0.4, 0.5) is 0 Å². The van der Waals surface area contributed by atoms with Crippen molar-refractivity contribution in [3.8, 4) is 11.5 Å². The summed E-state index contributed by atoms with van der Waals surface area (Å²) in [6.07, 6.45) is 6.26. The molecule has 2 heterocycles. The van der Waals surface area contributed by atoms with E-state index in [4.69, 9.17) is 9.47 Å². The number of rotatable bonds is 6. The average molecular weight is 544 g/mol. The van der Waals surface area contributed by atoms with Gasteiger partial charge in [-0.15, -0.1) is 0 Å². The quantitative estimate of drug-likeness (QED) is 0.218. The van der Waals surface area contributed by atoms with Crippen LogP contribution in [0.3, 0.4) is 0 Å². The largest absolute Gasteiger partial charge is 0.619 e. The number of ether oxygens (including phenoxy) is 2. The van der Waals surface area contributed by atoms with E-state index >= 15 is 0 Å². The van der Waals surface area contributed by atoms with Crippen LogP contribution in [0.2, 0.25) is 0 Å². The van der Waals surface area contributed by atoms with Gasteiger partial charge in [0.05, 0.1) is 10.7 Å². The first-order chi connectivity index (χ1) is 15.1. The van der Waals surface area contributed by atoms with Crippen molar-refractivity contribution >= 4 is 31.9 Å². The predicted octanol–water partition coefficient (Wildman–Crippen LogP) is 6.08. The summed E-state index contributed by atoms with van der Waals surface area (Å²) in [5, 5.41) is 11.1. The number of hydrogen-bond acceptors (Lipinski definition) is 4. The lowest BCUT2D eigenvalue weighted by Gasteiger charge is -2.06. The van der Waals surface area contributed by atoms with E-state index in [1.165, 1.54) is 12.4 Å². The third-order valence-electron chi connectivity index (χ3n) is 3.96. The minimum atomic E-state index is 0.456. The molecule has 5 nitrogen and oxygen atoms in total. The fourth-order valence-corrected chi connectivity index (χ4v) is 3.30. The smallest absolute Gasteiger partial charge is 0.222 e. The lowest BCUT2D eigenvalue weighted by atomic mass is 10.2. The summed E-state index contributed by atoms with van der Waals surface area (Å²) in [5.74, 6) is 1.32. The Balaban J connectivity index is 0.000000176. The topological polar surface area (TPSA) is 58.3 Å². The third kappa shape index (κ3) is 8.39. The number of hydrogen-bond donors (Lipinski definition) is 0. The lowest BCUT2D eigenvalue weighted by molar-refractivity contribution is -0.606. The van der Waals surface area contributed by atoms with Gasteiger partial charge in [0.2, 0.25) is 6.20 Å². The molecule has 0 radical (unpaired) electrons. The summed E-state index contributed by atoms with van der Waals surface area (Å²) < 4.78 is 13.4. The molecule has 158 valence electrons. The Morgan fingerprint density at radius 2 is 1.26 bits per heavy atom. The molecule has 7 heteroatoms. The first-order valence-electron chi connectivity index (χ1n) is 9.42. The van der Waals surface area contributed by atoms with E-state index in [1.54, 1.807) is 18.5 Å². The van der Waals surface area contributed by atoms with E-state index in [0.29, 0.717) is 28.2 Å². The van der Waals surface area contributed by atoms with Crippen LogP contribution in [0.15, 0.2) is 107 Å². The summed E-state index contributed by atoms with van der Waals surface area (Å²) in [6.45, 7) is 1.02. The van der Waals surface area contributed by atoms with Gasteiger partial charge in [-0.1, -0.05) is 60.7 Å². The SMILES string of the molecule is Brc1cncc(OCc2ccccc2)c1.[O-][n+]1cc(Br)cc(OCc2ccccc2)c1. The molecule has 4 rings (SSSR count). The van der Waals surface area contributed by atoms with Crippen molar-refractivity contribution in [3.05, 3.63) is 123 Å². The molecule has 0 bridgehead atoms. The number of pyridine rings is 2. The second-order valence-corrected chi connectivity index (χ2v) is 8.27. The first kappa shape index (κ1) is 22.8. The van der Waals surface area contributed by atoms with Crippen LogP contribution < -0.4 is 14.2 Å². The van der Waals surface area contributed by atoms with Gasteiger partial charge in [0.25, 0.3) is 0 Å². The zero-order valence-corrected chi connectivity index (χ0v) is 19.7. The Bertz CT molecular complexity index is 1060. The summed E-state index contributed by atoms with van der Waals surface area (Å²) in [4.78, 5) is 4.02. The second kappa shape index (κ2) is 12.1. The molecule has 0 unspecified atom stereocenters. The van der Waals surface area contributed by atoms with Gasteiger partial charge in [-0.3, -0.25) is 4.98 Å². The summed E-state index contributed by atoms with van der Waals surface area (Å²) in [7, 11) is 0. The average Bonchev–Trinajstić information content (AvgIpc) is 2.78. The molecule has 0 amide bonds. The maximum Gasteiger partial charge on any atom is 0.222 e. The van der Waals surface area contributed by atoms with Gasteiger partial charge >= 0.3 is 0 Å². The lowest BCUT2D eigenvalue weighted by Crippen LogP contribution is -2.24. The molecule has 0 saturated carbocycles. The molecule has 4 aromatic rings. The number of aromatic nitrogens is 2. The van der Waals surface area contributed by atoms with E-state index in [0.717, 1.165) is 21.3 Å². The molecule has 0 aliphatic carbocycles. The summed E-state index contributed by atoms with van der Waals surface area (Å²) >= 11 is 6.58. The zero-order chi connectivity index (χ0) is 21.9. The van der Waals surface area contributed by atoms with E-state index in [2.05, 4.69) is 36.8 Å². The van der Waals surface area contributed by atoms with Crippen LogP contribution >= 0.6 is 31.9 Å². The molecule has 0 spiro atoms. The van der Waals surface area contributed by atoms with Gasteiger partial charge in [0.15, 0.2) is 11.9 Å². The molecule has 0 aliphatic heterocycles. The van der Waals surface area contributed by atoms with Crippen LogP contribution in [0.1, 0.15) is 11.1 Å². The molecule has 2 aromatic heterocycles. The van der Waals surface area contributed by atoms with E-state index < -0.39 is 0 Å². The molecule has 0 aliphatic rings. The van der Waals surface area contributed by atoms with E-state index in [-0.39, 0.29) is 0 Å². The van der Waals surface area contributed by atoms with Crippen LogP contribution in [0, 0.1) is 5.21 Å². The van der Waals surface area contributed by atoms with Crippen LogP contribution in [-0.2, 0) is 13.2 Å². The van der Waals surface area contributed by atoms with Crippen molar-refractivity contribution in [2.75, 3.05) is 0 Å². The number of halogens is 2. The molecule has 0 N–H and O–H groups in total. The van der Waals surface area contributed by atoms with Crippen molar-refractivity contribution in [1.82, 2.24) is 4.98 Å². The Hall–Kier alpha value is -2.90. The second-order valence-electron chi connectivity index (χ2n) is 6.44. The number of benzene rings is 2. The van der Waals surface area contributed by atoms with Crippen LogP contribution in [-0.4, -0.2) is 4.98 Å². The highest BCUT2D eigenvalue weighted by atomic mass is 79.9. The first-order valence-corrected chi connectivity index (χ1v) is 11.0. The highest BCUT2D eigenvalue weighted by Gasteiger charge is 2.02. The predicted molar refractivity (Wildman–Crippen MR) is 127 cm³/mol. The fourth-order valence-electron chi connectivity index (χ4n) is 2.53. The van der Waals surface area contributed by atoms with Gasteiger partial charge in [-0.05, 0) is 49.1 Å². The molecule has 31 heavy (non-hydrogen) atoms. The summed E-state index contributed by atoms with van der Waals surface area (Å²) in [6, 6.07) is 23.5. The highest BCUT2D eigenvalue weighted by molar-refractivity contribution is 9.10. The Kier molecular flexibility index (Phi) is 8.87. The zero-order valence-electron chi connectivity index (χ0n) is 16.5. The minimum absolute atomic E-state index is 0.456. The van der Waals surface area contributed by atoms with Crippen molar-refractivity contribution in [1.29, 1.82) is 0 Å². The minimum Gasteiger partial charge on any atom is -0.619 e. The Morgan fingerprint density at radius 3 is 1.81 bits per heavy atom. The highest BCUT2D eigenvalue weighted by Crippen LogP contribution is 2.17. The fraction of sp³-hybridized carbons (Fsp3) is 0.0833. The Morgan fingerprint density at radius 1 is 0.710 bits per heavy atom. The molecular weight excluding hydrogens is 524 g/mol. The maximum atomic E-state index is 11.1. The van der Waals surface area contributed by atoms with E-state index in [1.807, 2.05) is 66.7 Å². The molecular formula is C24H20Br2N2O3. The van der Waals surface area contributed by atoms with Crippen molar-refractivity contribution in [2.45, 2.75) is 13.2 Å². The monoisotopic (exact) mass is 542 g/mol. The number of nitrogens with zero attached hydrogens (tertiary/aromatic N) is 2. The van der Waals surface area contributed by atoms with Crippen molar-refractivity contribution < 1.29 is 14.2 Å². The molecule has 0 atom stereocenters. The summed E-state index contributed by atoms with van der Waals surface area (Å²) in [5.41, 5.74) is 2.22. The molecule has 0 fully saturated rings. The Labute approximate surface area is 198 Å². The van der Waals surface area contributed by atoms with Gasteiger partial charge in [-0.25, -0.2) is 0 Å². The van der Waals surface area contributed by atoms with Gasteiger partial charge < -0.3 is 14.7 Å². The standard InChI is InChI=1S/C12H10BrNO2.C12H10BrNO/c13-11-6-12(8-14(15)7-11)16-9-10-4-2-1-3-5-10;13-11-6-12(8-14-7-11)15-9-10-4-2-1-3-5-10/h1-8H,9H2;1-8H,9H2. The van der Waals surface area contributed by atoms with E-state index in [9.17, 15) is 5.21 Å². The molecule has 0 saturated heterocycles. The van der Waals surface area contributed by atoms with Gasteiger partial charge in [0.1, 0.15) is 19.0 Å². The van der Waals surface area contributed by atoms with Crippen LogP contribution in [0.25, 0.3) is 0 Å². The van der Waals surface area contributed by atoms with Gasteiger partial charge in [0, 0.05) is 16.7 Å². The maximum absolute atomic E-state index is 11.1. The normalized spacial score (nSPS) is 10.0. The van der Waals surface area contributed by atoms with Crippen molar-refractivity contribution in [2.24, 2.45) is 0 Å². The van der Waals surface area contributed by atoms with Gasteiger partial charge in [-0.2, -0.15) is 4.73 Å².